The van der Waals surface area contributed by atoms with Gasteiger partial charge < -0.3 is 14.7 Å². The lowest BCUT2D eigenvalue weighted by atomic mass is 9.86. The molecular formula is C17H18ClNO3. The first-order valence-corrected chi connectivity index (χ1v) is 7.76. The molecule has 0 spiro atoms. The van der Waals surface area contributed by atoms with E-state index in [9.17, 15) is 9.90 Å². The maximum absolute atomic E-state index is 11.8. The fraction of sp³-hybridized carbons (Fsp3) is 0.471. The van der Waals surface area contributed by atoms with E-state index in [1.54, 1.807) is 17.0 Å². The van der Waals surface area contributed by atoms with Crippen LogP contribution in [-0.2, 0) is 4.74 Å². The summed E-state index contributed by atoms with van der Waals surface area (Å²) >= 11 is 5.94. The lowest BCUT2D eigenvalue weighted by molar-refractivity contribution is -0.00730. The number of amides is 1. The quantitative estimate of drug-likeness (QED) is 0.748. The summed E-state index contributed by atoms with van der Waals surface area (Å²) in [6.07, 6.45) is 2.40. The highest BCUT2D eigenvalue weighted by Gasteiger charge is 2.49. The summed E-state index contributed by atoms with van der Waals surface area (Å²) in [5.74, 6) is 5.99. The minimum absolute atomic E-state index is 0.00450. The average Bonchev–Trinajstić information content (AvgIpc) is 2.78. The lowest BCUT2D eigenvalue weighted by Gasteiger charge is -2.40. The predicted molar refractivity (Wildman–Crippen MR) is 83.6 cm³/mol. The predicted octanol–water partition coefficient (Wildman–Crippen LogP) is 2.82. The average molecular weight is 320 g/mol. The molecule has 2 bridgehead atoms. The number of methoxy groups -OCH3 is 1. The van der Waals surface area contributed by atoms with Crippen LogP contribution in [-0.4, -0.2) is 40.9 Å². The fourth-order valence-electron chi connectivity index (χ4n) is 3.49. The number of rotatable bonds is 0. The van der Waals surface area contributed by atoms with Gasteiger partial charge in [-0.05, 0) is 31.0 Å². The van der Waals surface area contributed by atoms with Crippen molar-refractivity contribution < 1.29 is 14.6 Å². The number of ether oxygens (including phenoxy) is 1. The molecule has 1 amide bonds. The number of nitrogens with zero attached hydrogens (tertiary/aromatic N) is 1. The van der Waals surface area contributed by atoms with Gasteiger partial charge in [0.1, 0.15) is 5.60 Å². The van der Waals surface area contributed by atoms with Gasteiger partial charge in [-0.1, -0.05) is 29.5 Å². The molecule has 4 nitrogen and oxygen atoms in total. The summed E-state index contributed by atoms with van der Waals surface area (Å²) in [5, 5.41) is 11.4. The molecule has 1 aromatic carbocycles. The van der Waals surface area contributed by atoms with Crippen LogP contribution in [0.15, 0.2) is 24.3 Å². The van der Waals surface area contributed by atoms with E-state index in [0.717, 1.165) is 18.4 Å². The number of piperidine rings is 1. The molecule has 5 heteroatoms. The van der Waals surface area contributed by atoms with E-state index in [2.05, 4.69) is 11.8 Å². The molecule has 116 valence electrons. The number of carbonyl (C=O) groups is 1. The van der Waals surface area contributed by atoms with Crippen LogP contribution in [0.25, 0.3) is 0 Å². The Morgan fingerprint density at radius 2 is 2.09 bits per heavy atom. The van der Waals surface area contributed by atoms with Crippen molar-refractivity contribution in [1.82, 2.24) is 4.90 Å². The fourth-order valence-corrected chi connectivity index (χ4v) is 3.68. The van der Waals surface area contributed by atoms with E-state index in [-0.39, 0.29) is 18.2 Å². The van der Waals surface area contributed by atoms with Gasteiger partial charge in [-0.2, -0.15) is 0 Å². The first-order valence-electron chi connectivity index (χ1n) is 7.38. The third-order valence-corrected chi connectivity index (χ3v) is 4.65. The lowest BCUT2D eigenvalue weighted by Crippen LogP contribution is -2.52. The van der Waals surface area contributed by atoms with E-state index in [0.29, 0.717) is 17.9 Å². The summed E-state index contributed by atoms with van der Waals surface area (Å²) in [6.45, 7) is 0. The number of hydrogen-bond acceptors (Lipinski definition) is 3. The summed E-state index contributed by atoms with van der Waals surface area (Å²) in [5.41, 5.74) is -0.276. The molecule has 1 aromatic rings. The van der Waals surface area contributed by atoms with Gasteiger partial charge >= 0.3 is 6.09 Å². The summed E-state index contributed by atoms with van der Waals surface area (Å²) in [7, 11) is 1.39. The number of aliphatic hydroxyl groups is 1. The number of fused-ring (bicyclic) bond motifs is 2. The topological polar surface area (TPSA) is 49.8 Å². The van der Waals surface area contributed by atoms with Crippen LogP contribution < -0.4 is 0 Å². The normalized spacial score (nSPS) is 29.7. The monoisotopic (exact) mass is 319 g/mol. The molecule has 0 aliphatic carbocycles. The second-order valence-electron chi connectivity index (χ2n) is 5.96. The molecule has 1 N–H and O–H groups in total. The summed E-state index contributed by atoms with van der Waals surface area (Å²) in [6, 6.07) is 7.27. The highest BCUT2D eigenvalue weighted by Crippen LogP contribution is 2.40. The SMILES string of the molecule is COC(=O)N1[C@@H]2CC[C@H]1CC(O)(C#Cc1cccc(Cl)c1)C2. The second kappa shape index (κ2) is 5.83. The number of benzene rings is 1. The van der Waals surface area contributed by atoms with Gasteiger partial charge in [0.2, 0.25) is 0 Å². The molecule has 1 unspecified atom stereocenters. The van der Waals surface area contributed by atoms with Gasteiger partial charge in [0, 0.05) is 35.5 Å². The Kier molecular flexibility index (Phi) is 4.03. The number of hydrogen-bond donors (Lipinski definition) is 1. The third kappa shape index (κ3) is 2.92. The molecule has 2 aliphatic rings. The third-order valence-electron chi connectivity index (χ3n) is 4.42. The van der Waals surface area contributed by atoms with Gasteiger partial charge in [0.25, 0.3) is 0 Å². The van der Waals surface area contributed by atoms with Gasteiger partial charge in [-0.25, -0.2) is 4.79 Å². The summed E-state index contributed by atoms with van der Waals surface area (Å²) in [4.78, 5) is 13.6. The zero-order valence-electron chi connectivity index (χ0n) is 12.4. The Morgan fingerprint density at radius 3 is 2.68 bits per heavy atom. The van der Waals surface area contributed by atoms with Gasteiger partial charge in [0.15, 0.2) is 0 Å². The molecule has 22 heavy (non-hydrogen) atoms. The largest absolute Gasteiger partial charge is 0.453 e. The van der Waals surface area contributed by atoms with Crippen LogP contribution in [0, 0.1) is 11.8 Å². The number of carbonyl (C=O) groups excluding carboxylic acids is 1. The maximum atomic E-state index is 11.8. The van der Waals surface area contributed by atoms with Crippen molar-refractivity contribution in [3.05, 3.63) is 34.9 Å². The van der Waals surface area contributed by atoms with Crippen LogP contribution in [0.2, 0.25) is 5.02 Å². The zero-order valence-corrected chi connectivity index (χ0v) is 13.1. The zero-order chi connectivity index (χ0) is 15.7. The van der Waals surface area contributed by atoms with Crippen molar-refractivity contribution >= 4 is 17.7 Å². The standard InChI is InChI=1S/C17H18ClNO3/c1-22-16(20)19-14-5-6-15(19)11-17(21,10-14)8-7-12-3-2-4-13(18)9-12/h2-4,9,14-15,21H,5-6,10-11H2,1H3/t14-,15+,17?. The minimum Gasteiger partial charge on any atom is -0.453 e. The van der Waals surface area contributed by atoms with Crippen molar-refractivity contribution in [3.8, 4) is 11.8 Å². The molecular weight excluding hydrogens is 302 g/mol. The van der Waals surface area contributed by atoms with Crippen molar-refractivity contribution in [1.29, 1.82) is 0 Å². The first kappa shape index (κ1) is 15.2. The first-order chi connectivity index (χ1) is 10.5. The van der Waals surface area contributed by atoms with Crippen LogP contribution in [0.5, 0.6) is 0 Å². The molecule has 0 saturated carbocycles. The minimum atomic E-state index is -1.06. The summed E-state index contributed by atoms with van der Waals surface area (Å²) < 4.78 is 4.84. The van der Waals surface area contributed by atoms with E-state index >= 15 is 0 Å². The van der Waals surface area contributed by atoms with Gasteiger partial charge in [-0.3, -0.25) is 0 Å². The van der Waals surface area contributed by atoms with E-state index < -0.39 is 5.60 Å². The molecule has 3 rings (SSSR count). The Hall–Kier alpha value is -1.70. The van der Waals surface area contributed by atoms with Crippen LogP contribution in [0.3, 0.4) is 0 Å². The Bertz CT molecular complexity index is 635. The van der Waals surface area contributed by atoms with E-state index in [1.807, 2.05) is 12.1 Å². The molecule has 2 saturated heterocycles. The van der Waals surface area contributed by atoms with Crippen molar-refractivity contribution in [2.45, 2.75) is 43.4 Å². The van der Waals surface area contributed by atoms with Gasteiger partial charge in [0.05, 0.1) is 7.11 Å². The molecule has 2 heterocycles. The van der Waals surface area contributed by atoms with Crippen molar-refractivity contribution in [2.75, 3.05) is 7.11 Å². The Labute approximate surface area is 135 Å². The van der Waals surface area contributed by atoms with Crippen LogP contribution >= 0.6 is 11.6 Å². The molecule has 3 atom stereocenters. The molecule has 0 radical (unpaired) electrons. The highest BCUT2D eigenvalue weighted by molar-refractivity contribution is 6.30. The van der Waals surface area contributed by atoms with Crippen molar-refractivity contribution in [2.24, 2.45) is 0 Å². The van der Waals surface area contributed by atoms with Crippen LogP contribution in [0.4, 0.5) is 4.79 Å². The van der Waals surface area contributed by atoms with Gasteiger partial charge in [-0.15, -0.1) is 0 Å². The Morgan fingerprint density at radius 1 is 1.41 bits per heavy atom. The second-order valence-corrected chi connectivity index (χ2v) is 6.40. The van der Waals surface area contributed by atoms with E-state index in [1.165, 1.54) is 7.11 Å². The molecule has 2 fully saturated rings. The molecule has 0 aromatic heterocycles. The molecule has 2 aliphatic heterocycles. The Balaban J connectivity index is 1.78. The smallest absolute Gasteiger partial charge is 0.409 e. The highest BCUT2D eigenvalue weighted by atomic mass is 35.5. The number of halogens is 1. The maximum Gasteiger partial charge on any atom is 0.409 e. The van der Waals surface area contributed by atoms with Crippen molar-refractivity contribution in [3.63, 3.8) is 0 Å². The van der Waals surface area contributed by atoms with E-state index in [4.69, 9.17) is 16.3 Å². The van der Waals surface area contributed by atoms with Crippen LogP contribution in [0.1, 0.15) is 31.2 Å².